The van der Waals surface area contributed by atoms with Gasteiger partial charge in [-0.1, -0.05) is 47.5 Å². The predicted molar refractivity (Wildman–Crippen MR) is 141 cm³/mol. The van der Waals surface area contributed by atoms with Gasteiger partial charge >= 0.3 is 5.37 Å². The van der Waals surface area contributed by atoms with Crippen LogP contribution >= 0.6 is 34.8 Å². The molecular formula is C27H25Cl3N2O3. The molecule has 3 aromatic rings. The van der Waals surface area contributed by atoms with Crippen LogP contribution in [0.1, 0.15) is 43.5 Å². The smallest absolute Gasteiger partial charge is 0.322 e. The summed E-state index contributed by atoms with van der Waals surface area (Å²) >= 11 is 18.6. The van der Waals surface area contributed by atoms with Gasteiger partial charge in [0.25, 0.3) is 0 Å². The third kappa shape index (κ3) is 4.99. The highest BCUT2D eigenvalue weighted by molar-refractivity contribution is 6.64. The zero-order chi connectivity index (χ0) is 25.3. The number of carbonyl (C=O) groups excluding carboxylic acids is 1. The molecule has 0 aromatic heterocycles. The first-order valence-electron chi connectivity index (χ1n) is 11.1. The Kier molecular flexibility index (Phi) is 7.32. The lowest BCUT2D eigenvalue weighted by Gasteiger charge is -2.34. The van der Waals surface area contributed by atoms with Crippen molar-refractivity contribution in [2.45, 2.75) is 38.5 Å². The molecule has 2 unspecified atom stereocenters. The third-order valence-corrected chi connectivity index (χ3v) is 6.64. The number of ether oxygens (including phenoxy) is 2. The maximum Gasteiger partial charge on any atom is 0.322 e. The van der Waals surface area contributed by atoms with E-state index in [1.807, 2.05) is 63.2 Å². The maximum atomic E-state index is 13.0. The molecular weight excluding hydrogens is 507 g/mol. The lowest BCUT2D eigenvalue weighted by atomic mass is 9.82. The van der Waals surface area contributed by atoms with E-state index in [-0.39, 0.29) is 6.10 Å². The number of carbonyl (C=O) groups is 1. The topological polar surface area (TPSA) is 51.1 Å². The molecule has 4 rings (SSSR count). The van der Waals surface area contributed by atoms with E-state index in [0.717, 1.165) is 11.1 Å². The van der Waals surface area contributed by atoms with Crippen molar-refractivity contribution in [1.29, 1.82) is 0 Å². The Morgan fingerprint density at radius 2 is 1.60 bits per heavy atom. The van der Waals surface area contributed by atoms with E-state index in [2.05, 4.69) is 0 Å². The fraction of sp³-hybridized carbons (Fsp3) is 0.259. The van der Waals surface area contributed by atoms with E-state index in [1.54, 1.807) is 31.4 Å². The van der Waals surface area contributed by atoms with E-state index in [0.29, 0.717) is 32.9 Å². The molecule has 35 heavy (non-hydrogen) atoms. The highest BCUT2D eigenvalue weighted by Gasteiger charge is 2.50. The van der Waals surface area contributed by atoms with Crippen molar-refractivity contribution in [3.05, 3.63) is 93.5 Å². The molecule has 1 heterocycles. The van der Waals surface area contributed by atoms with Crippen LogP contribution in [-0.2, 0) is 5.54 Å². The van der Waals surface area contributed by atoms with E-state index < -0.39 is 16.9 Å². The van der Waals surface area contributed by atoms with Gasteiger partial charge in [-0.25, -0.2) is 0 Å². The minimum atomic E-state index is -0.882. The number of hydrogen-bond donors (Lipinski definition) is 0. The van der Waals surface area contributed by atoms with Gasteiger partial charge < -0.3 is 9.47 Å². The standard InChI is InChI=1S/C27H25Cl3N2O3/c1-16(2)35-23-15-21(34-4)13-14-22(23)25-31-27(3,18-7-11-20(29)12-8-18)24(32(25)26(30)33)17-5-9-19(28)10-6-17/h5-16,24H,1-4H3. The quantitative estimate of drug-likeness (QED) is 0.240. The van der Waals surface area contributed by atoms with Crippen LogP contribution in [0.2, 0.25) is 10.0 Å². The summed E-state index contributed by atoms with van der Waals surface area (Å²) in [5.74, 6) is 1.57. The van der Waals surface area contributed by atoms with E-state index >= 15 is 0 Å². The predicted octanol–water partition coefficient (Wildman–Crippen LogP) is 7.87. The number of nitrogens with zero attached hydrogens (tertiary/aromatic N) is 2. The average Bonchev–Trinajstić information content (AvgIpc) is 3.13. The van der Waals surface area contributed by atoms with Gasteiger partial charge in [-0.15, -0.1) is 0 Å². The first-order valence-corrected chi connectivity index (χ1v) is 12.2. The Bertz CT molecular complexity index is 1260. The number of halogens is 3. The van der Waals surface area contributed by atoms with Gasteiger partial charge in [-0.2, -0.15) is 0 Å². The minimum absolute atomic E-state index is 0.113. The van der Waals surface area contributed by atoms with E-state index in [1.165, 1.54) is 4.90 Å². The molecule has 2 atom stereocenters. The highest BCUT2D eigenvalue weighted by atomic mass is 35.5. The first-order chi connectivity index (χ1) is 16.6. The molecule has 182 valence electrons. The van der Waals surface area contributed by atoms with Crippen LogP contribution in [0, 0.1) is 0 Å². The number of amidine groups is 1. The summed E-state index contributed by atoms with van der Waals surface area (Å²) in [5, 5.41) is 0.538. The molecule has 1 aliphatic heterocycles. The summed E-state index contributed by atoms with van der Waals surface area (Å²) in [6, 6.07) is 19.6. The van der Waals surface area contributed by atoms with Crippen molar-refractivity contribution >= 4 is 46.0 Å². The van der Waals surface area contributed by atoms with Crippen molar-refractivity contribution in [2.75, 3.05) is 7.11 Å². The van der Waals surface area contributed by atoms with Gasteiger partial charge in [-0.3, -0.25) is 14.7 Å². The molecule has 0 fully saturated rings. The summed E-state index contributed by atoms with van der Waals surface area (Å²) in [7, 11) is 1.59. The van der Waals surface area contributed by atoms with Crippen LogP contribution in [0.4, 0.5) is 4.79 Å². The number of rotatable bonds is 6. The van der Waals surface area contributed by atoms with Crippen molar-refractivity contribution in [2.24, 2.45) is 4.99 Å². The Balaban J connectivity index is 1.97. The molecule has 3 aromatic carbocycles. The van der Waals surface area contributed by atoms with Crippen molar-refractivity contribution in [1.82, 2.24) is 4.90 Å². The molecule has 0 saturated carbocycles. The molecule has 0 spiro atoms. The molecule has 5 nitrogen and oxygen atoms in total. The van der Waals surface area contributed by atoms with Crippen LogP contribution in [0.15, 0.2) is 71.7 Å². The van der Waals surface area contributed by atoms with Crippen molar-refractivity contribution < 1.29 is 14.3 Å². The Morgan fingerprint density at radius 1 is 1.00 bits per heavy atom. The summed E-state index contributed by atoms with van der Waals surface area (Å²) in [5.41, 5.74) is 1.46. The fourth-order valence-electron chi connectivity index (χ4n) is 4.38. The van der Waals surface area contributed by atoms with Gasteiger partial charge in [0, 0.05) is 16.1 Å². The summed E-state index contributed by atoms with van der Waals surface area (Å²) in [6.07, 6.45) is -0.113. The maximum absolute atomic E-state index is 13.0. The van der Waals surface area contributed by atoms with Crippen LogP contribution in [0.25, 0.3) is 0 Å². The number of amides is 1. The molecule has 1 aliphatic rings. The highest BCUT2D eigenvalue weighted by Crippen LogP contribution is 2.50. The normalized spacial score (nSPS) is 19.6. The second-order valence-electron chi connectivity index (χ2n) is 8.70. The Hall–Kier alpha value is -2.73. The van der Waals surface area contributed by atoms with Crippen LogP contribution in [0.5, 0.6) is 11.5 Å². The SMILES string of the molecule is COc1ccc(C2=NC(C)(c3ccc(Cl)cc3)C(c3ccc(Cl)cc3)N2C(=O)Cl)c(OC(C)C)c1. The zero-order valence-electron chi connectivity index (χ0n) is 19.8. The fourth-order valence-corrected chi connectivity index (χ4v) is 4.81. The molecule has 0 aliphatic carbocycles. The summed E-state index contributed by atoms with van der Waals surface area (Å²) < 4.78 is 11.5. The second kappa shape index (κ2) is 10.1. The third-order valence-electron chi connectivity index (χ3n) is 5.95. The summed E-state index contributed by atoms with van der Waals surface area (Å²) in [6.45, 7) is 5.83. The molecule has 0 N–H and O–H groups in total. The lowest BCUT2D eigenvalue weighted by Crippen LogP contribution is -2.39. The molecule has 0 bridgehead atoms. The van der Waals surface area contributed by atoms with Crippen molar-refractivity contribution in [3.63, 3.8) is 0 Å². The van der Waals surface area contributed by atoms with E-state index in [9.17, 15) is 4.79 Å². The van der Waals surface area contributed by atoms with Crippen LogP contribution < -0.4 is 9.47 Å². The van der Waals surface area contributed by atoms with Crippen LogP contribution in [-0.4, -0.2) is 29.3 Å². The molecule has 8 heteroatoms. The summed E-state index contributed by atoms with van der Waals surface area (Å²) in [4.78, 5) is 19.7. The average molecular weight is 532 g/mol. The second-order valence-corrected chi connectivity index (χ2v) is 9.89. The van der Waals surface area contributed by atoms with E-state index in [4.69, 9.17) is 49.3 Å². The lowest BCUT2D eigenvalue weighted by molar-refractivity contribution is 0.217. The van der Waals surface area contributed by atoms with Crippen molar-refractivity contribution in [3.8, 4) is 11.5 Å². The number of benzene rings is 3. The van der Waals surface area contributed by atoms with Gasteiger partial charge in [0.15, 0.2) is 0 Å². The Morgan fingerprint density at radius 3 is 2.14 bits per heavy atom. The van der Waals surface area contributed by atoms with Gasteiger partial charge in [0.2, 0.25) is 0 Å². The van der Waals surface area contributed by atoms with Gasteiger partial charge in [-0.05, 0) is 79.9 Å². The number of hydrogen-bond acceptors (Lipinski definition) is 4. The first kappa shape index (κ1) is 25.4. The molecule has 1 amide bonds. The van der Waals surface area contributed by atoms with Crippen LogP contribution in [0.3, 0.4) is 0 Å². The Labute approximate surface area is 220 Å². The molecule has 0 radical (unpaired) electrons. The number of methoxy groups -OCH3 is 1. The monoisotopic (exact) mass is 530 g/mol. The number of aliphatic imine (C=N–C) groups is 1. The minimum Gasteiger partial charge on any atom is -0.497 e. The molecule has 0 saturated heterocycles. The largest absolute Gasteiger partial charge is 0.497 e. The van der Waals surface area contributed by atoms with Gasteiger partial charge in [0.1, 0.15) is 22.9 Å². The van der Waals surface area contributed by atoms with Gasteiger partial charge in [0.05, 0.1) is 24.8 Å². The zero-order valence-corrected chi connectivity index (χ0v) is 22.0.